The normalized spacial score (nSPS) is 19.1. The Bertz CT molecular complexity index is 509. The smallest absolute Gasteiger partial charge is 0.137 e. The van der Waals surface area contributed by atoms with Crippen molar-refractivity contribution in [3.05, 3.63) is 28.5 Å². The van der Waals surface area contributed by atoms with Gasteiger partial charge in [-0.2, -0.15) is 0 Å². The first-order valence-corrected chi connectivity index (χ1v) is 6.50. The molecule has 0 aliphatic carbocycles. The molecular formula is C12H16BrCl2N3. The molecule has 0 amide bonds. The van der Waals surface area contributed by atoms with Crippen molar-refractivity contribution in [1.82, 2.24) is 15.3 Å². The number of aromatic amines is 1. The van der Waals surface area contributed by atoms with Crippen LogP contribution in [0.1, 0.15) is 31.0 Å². The van der Waals surface area contributed by atoms with E-state index in [4.69, 9.17) is 0 Å². The molecule has 0 bridgehead atoms. The molecule has 1 aliphatic heterocycles. The van der Waals surface area contributed by atoms with E-state index in [1.165, 1.54) is 30.3 Å². The van der Waals surface area contributed by atoms with Gasteiger partial charge in [0.2, 0.25) is 0 Å². The third kappa shape index (κ3) is 3.18. The molecule has 1 aliphatic rings. The molecule has 0 radical (unpaired) electrons. The number of nitrogens with zero attached hydrogens (tertiary/aromatic N) is 1. The van der Waals surface area contributed by atoms with Crippen LogP contribution in [0.25, 0.3) is 11.0 Å². The fraction of sp³-hybridized carbons (Fsp3) is 0.417. The van der Waals surface area contributed by atoms with Gasteiger partial charge in [-0.25, -0.2) is 4.98 Å². The van der Waals surface area contributed by atoms with Crippen molar-refractivity contribution >= 4 is 51.8 Å². The highest BCUT2D eigenvalue weighted by molar-refractivity contribution is 9.10. The van der Waals surface area contributed by atoms with E-state index >= 15 is 0 Å². The van der Waals surface area contributed by atoms with Crippen LogP contribution < -0.4 is 5.32 Å². The molecule has 0 aromatic carbocycles. The van der Waals surface area contributed by atoms with E-state index < -0.39 is 0 Å². The molecule has 6 heteroatoms. The Kier molecular flexibility index (Phi) is 5.92. The van der Waals surface area contributed by atoms with Gasteiger partial charge < -0.3 is 10.3 Å². The number of aromatic nitrogens is 2. The predicted molar refractivity (Wildman–Crippen MR) is 82.9 cm³/mol. The highest BCUT2D eigenvalue weighted by atomic mass is 79.9. The third-order valence-corrected chi connectivity index (χ3v) is 3.58. The monoisotopic (exact) mass is 351 g/mol. The lowest BCUT2D eigenvalue weighted by Crippen LogP contribution is -2.26. The van der Waals surface area contributed by atoms with Crippen molar-refractivity contribution in [2.75, 3.05) is 6.54 Å². The highest BCUT2D eigenvalue weighted by Gasteiger charge is 2.16. The maximum absolute atomic E-state index is 4.37. The van der Waals surface area contributed by atoms with E-state index in [2.05, 4.69) is 43.3 Å². The summed E-state index contributed by atoms with van der Waals surface area (Å²) in [6.07, 6.45) is 5.65. The van der Waals surface area contributed by atoms with Crippen molar-refractivity contribution < 1.29 is 0 Å². The van der Waals surface area contributed by atoms with Crippen LogP contribution in [0.2, 0.25) is 0 Å². The quantitative estimate of drug-likeness (QED) is 0.814. The first-order chi connectivity index (χ1) is 7.83. The molecule has 1 saturated heterocycles. The molecular weight excluding hydrogens is 337 g/mol. The summed E-state index contributed by atoms with van der Waals surface area (Å²) in [5.74, 6) is 0. The SMILES string of the molecule is Brc1cnc2[nH]c(C3CCCCN3)cc2c1.Cl.Cl. The molecule has 3 heterocycles. The summed E-state index contributed by atoms with van der Waals surface area (Å²) in [5, 5.41) is 4.72. The molecule has 2 N–H and O–H groups in total. The van der Waals surface area contributed by atoms with Crippen LogP contribution in [0.4, 0.5) is 0 Å². The Balaban J connectivity index is 0.000000810. The Morgan fingerprint density at radius 2 is 2.06 bits per heavy atom. The fourth-order valence-electron chi connectivity index (χ4n) is 2.31. The minimum Gasteiger partial charge on any atom is -0.342 e. The van der Waals surface area contributed by atoms with Gasteiger partial charge in [0, 0.05) is 27.8 Å². The number of hydrogen-bond donors (Lipinski definition) is 2. The maximum atomic E-state index is 4.37. The van der Waals surface area contributed by atoms with Crippen molar-refractivity contribution in [2.45, 2.75) is 25.3 Å². The molecule has 1 atom stereocenters. The standard InChI is InChI=1S/C12H14BrN3.2ClH/c13-9-5-8-6-11(16-12(8)15-7-9)10-3-1-2-4-14-10;;/h5-7,10,14H,1-4H2,(H,15,16);2*1H. The molecule has 0 saturated carbocycles. The summed E-state index contributed by atoms with van der Waals surface area (Å²) in [4.78, 5) is 7.76. The lowest BCUT2D eigenvalue weighted by atomic mass is 10.0. The van der Waals surface area contributed by atoms with Gasteiger partial charge in [-0.15, -0.1) is 24.8 Å². The van der Waals surface area contributed by atoms with Gasteiger partial charge in [0.15, 0.2) is 0 Å². The molecule has 2 aromatic rings. The van der Waals surface area contributed by atoms with Crippen LogP contribution in [-0.2, 0) is 0 Å². The zero-order valence-corrected chi connectivity index (χ0v) is 13.0. The van der Waals surface area contributed by atoms with E-state index in [0.29, 0.717) is 6.04 Å². The van der Waals surface area contributed by atoms with Crippen LogP contribution in [0.3, 0.4) is 0 Å². The Hall–Kier alpha value is -0.290. The Morgan fingerprint density at radius 3 is 2.78 bits per heavy atom. The number of halogens is 3. The molecule has 100 valence electrons. The lowest BCUT2D eigenvalue weighted by molar-refractivity contribution is 0.407. The van der Waals surface area contributed by atoms with Gasteiger partial charge in [0.25, 0.3) is 0 Å². The van der Waals surface area contributed by atoms with Crippen LogP contribution in [0.5, 0.6) is 0 Å². The van der Waals surface area contributed by atoms with E-state index in [-0.39, 0.29) is 24.8 Å². The van der Waals surface area contributed by atoms with Crippen molar-refractivity contribution in [1.29, 1.82) is 0 Å². The highest BCUT2D eigenvalue weighted by Crippen LogP contribution is 2.26. The van der Waals surface area contributed by atoms with E-state index in [1.807, 2.05) is 6.20 Å². The average Bonchev–Trinajstić information content (AvgIpc) is 2.73. The number of H-pyrrole nitrogens is 1. The van der Waals surface area contributed by atoms with Crippen LogP contribution in [0.15, 0.2) is 22.8 Å². The zero-order chi connectivity index (χ0) is 11.0. The zero-order valence-electron chi connectivity index (χ0n) is 9.78. The molecule has 1 fully saturated rings. The fourth-order valence-corrected chi connectivity index (χ4v) is 2.66. The number of nitrogens with one attached hydrogen (secondary N) is 2. The number of piperidine rings is 1. The van der Waals surface area contributed by atoms with Gasteiger partial charge in [-0.1, -0.05) is 6.42 Å². The van der Waals surface area contributed by atoms with Gasteiger partial charge >= 0.3 is 0 Å². The molecule has 1 unspecified atom stereocenters. The van der Waals surface area contributed by atoms with Gasteiger partial charge in [0.1, 0.15) is 5.65 Å². The number of pyridine rings is 1. The topological polar surface area (TPSA) is 40.7 Å². The third-order valence-electron chi connectivity index (χ3n) is 3.14. The van der Waals surface area contributed by atoms with E-state index in [0.717, 1.165) is 16.7 Å². The van der Waals surface area contributed by atoms with Gasteiger partial charge in [-0.05, 0) is 47.4 Å². The van der Waals surface area contributed by atoms with Crippen LogP contribution in [-0.4, -0.2) is 16.5 Å². The summed E-state index contributed by atoms with van der Waals surface area (Å²) < 4.78 is 1.03. The average molecular weight is 353 g/mol. The Labute approximate surface area is 127 Å². The van der Waals surface area contributed by atoms with Crippen LogP contribution >= 0.6 is 40.7 Å². The van der Waals surface area contributed by atoms with Gasteiger partial charge in [0.05, 0.1) is 0 Å². The minimum absolute atomic E-state index is 0. The lowest BCUT2D eigenvalue weighted by Gasteiger charge is -2.22. The second kappa shape index (κ2) is 6.75. The second-order valence-electron chi connectivity index (χ2n) is 4.32. The summed E-state index contributed by atoms with van der Waals surface area (Å²) >= 11 is 3.45. The summed E-state index contributed by atoms with van der Waals surface area (Å²) in [6, 6.07) is 4.78. The largest absolute Gasteiger partial charge is 0.342 e. The number of rotatable bonds is 1. The molecule has 3 rings (SSSR count). The minimum atomic E-state index is 0. The number of hydrogen-bond acceptors (Lipinski definition) is 2. The van der Waals surface area contributed by atoms with Gasteiger partial charge in [-0.3, -0.25) is 0 Å². The molecule has 0 spiro atoms. The first-order valence-electron chi connectivity index (χ1n) is 5.70. The van der Waals surface area contributed by atoms with E-state index in [9.17, 15) is 0 Å². The molecule has 18 heavy (non-hydrogen) atoms. The summed E-state index contributed by atoms with van der Waals surface area (Å²) in [5.41, 5.74) is 2.24. The first kappa shape index (κ1) is 15.8. The van der Waals surface area contributed by atoms with Crippen molar-refractivity contribution in [3.63, 3.8) is 0 Å². The maximum Gasteiger partial charge on any atom is 0.137 e. The van der Waals surface area contributed by atoms with E-state index in [1.54, 1.807) is 0 Å². The predicted octanol–water partition coefficient (Wildman–Crippen LogP) is 3.98. The second-order valence-corrected chi connectivity index (χ2v) is 5.23. The van der Waals surface area contributed by atoms with Crippen LogP contribution in [0, 0.1) is 0 Å². The van der Waals surface area contributed by atoms with Crippen molar-refractivity contribution in [3.8, 4) is 0 Å². The number of fused-ring (bicyclic) bond motifs is 1. The summed E-state index contributed by atoms with van der Waals surface area (Å²) in [6.45, 7) is 1.12. The molecule has 2 aromatic heterocycles. The summed E-state index contributed by atoms with van der Waals surface area (Å²) in [7, 11) is 0. The Morgan fingerprint density at radius 1 is 1.22 bits per heavy atom. The van der Waals surface area contributed by atoms with Crippen molar-refractivity contribution in [2.24, 2.45) is 0 Å². The molecule has 3 nitrogen and oxygen atoms in total.